The number of aromatic nitrogens is 3. The van der Waals surface area contributed by atoms with Crippen molar-refractivity contribution < 1.29 is 4.39 Å². The van der Waals surface area contributed by atoms with E-state index < -0.39 is 0 Å². The molecule has 1 fully saturated rings. The first-order valence-corrected chi connectivity index (χ1v) is 12.5. The van der Waals surface area contributed by atoms with Gasteiger partial charge in [-0.15, -0.1) is 10.2 Å². The van der Waals surface area contributed by atoms with Gasteiger partial charge in [-0.05, 0) is 41.3 Å². The Kier molecular flexibility index (Phi) is 6.47. The van der Waals surface area contributed by atoms with Crippen molar-refractivity contribution in [1.29, 1.82) is 0 Å². The van der Waals surface area contributed by atoms with Crippen molar-refractivity contribution in [2.45, 2.75) is 55.5 Å². The fraction of sp³-hybridized carbons (Fsp3) is 0.308. The van der Waals surface area contributed by atoms with Crippen molar-refractivity contribution in [1.82, 2.24) is 14.8 Å². The fourth-order valence-electron chi connectivity index (χ4n) is 4.66. The maximum absolute atomic E-state index is 14.3. The summed E-state index contributed by atoms with van der Waals surface area (Å²) in [6, 6.07) is 20.1. The summed E-state index contributed by atoms with van der Waals surface area (Å²) in [5.74, 6) is 1.14. The molecule has 0 aliphatic heterocycles. The predicted molar refractivity (Wildman–Crippen MR) is 130 cm³/mol. The highest BCUT2D eigenvalue weighted by Crippen LogP contribution is 2.35. The van der Waals surface area contributed by atoms with Crippen molar-refractivity contribution in [2.75, 3.05) is 0 Å². The van der Waals surface area contributed by atoms with E-state index in [1.54, 1.807) is 12.1 Å². The standard InChI is InChI=1S/C26H25ClFN3S/c27-23-14-7-15-24(28)22(23)17-32-26-30-29-25(31(26)20-11-2-1-3-12-20)16-19-10-6-9-18-8-4-5-13-21(18)19/h4-10,13-15,20H,1-3,11-12,16-17H2. The van der Waals surface area contributed by atoms with E-state index in [1.807, 2.05) is 0 Å². The molecule has 0 radical (unpaired) electrons. The van der Waals surface area contributed by atoms with E-state index in [1.165, 1.54) is 53.4 Å². The molecule has 6 heteroatoms. The molecule has 32 heavy (non-hydrogen) atoms. The van der Waals surface area contributed by atoms with Gasteiger partial charge in [-0.25, -0.2) is 4.39 Å². The van der Waals surface area contributed by atoms with E-state index in [0.717, 1.165) is 30.2 Å². The van der Waals surface area contributed by atoms with Gasteiger partial charge in [0.05, 0.1) is 0 Å². The zero-order valence-electron chi connectivity index (χ0n) is 17.8. The largest absolute Gasteiger partial charge is 0.303 e. The third-order valence-corrected chi connectivity index (χ3v) is 7.63. The molecule has 4 aromatic rings. The van der Waals surface area contributed by atoms with Crippen molar-refractivity contribution in [3.8, 4) is 0 Å². The second-order valence-electron chi connectivity index (χ2n) is 8.36. The highest BCUT2D eigenvalue weighted by Gasteiger charge is 2.24. The van der Waals surface area contributed by atoms with E-state index in [0.29, 0.717) is 22.4 Å². The molecule has 164 valence electrons. The number of hydrogen-bond donors (Lipinski definition) is 0. The number of rotatable bonds is 6. The van der Waals surface area contributed by atoms with Gasteiger partial charge in [-0.1, -0.05) is 91.2 Å². The molecule has 0 N–H and O–H groups in total. The van der Waals surface area contributed by atoms with Crippen LogP contribution in [0.5, 0.6) is 0 Å². The van der Waals surface area contributed by atoms with E-state index in [4.69, 9.17) is 11.6 Å². The molecule has 1 aromatic heterocycles. The summed E-state index contributed by atoms with van der Waals surface area (Å²) < 4.78 is 16.6. The van der Waals surface area contributed by atoms with Gasteiger partial charge in [-0.3, -0.25) is 0 Å². The highest BCUT2D eigenvalue weighted by atomic mass is 35.5. The number of hydrogen-bond acceptors (Lipinski definition) is 3. The quantitative estimate of drug-likeness (QED) is 0.274. The first kappa shape index (κ1) is 21.5. The molecule has 5 rings (SSSR count). The number of nitrogens with zero attached hydrogens (tertiary/aromatic N) is 3. The summed E-state index contributed by atoms with van der Waals surface area (Å²) in [7, 11) is 0. The molecular formula is C26H25ClFN3S. The van der Waals surface area contributed by atoms with Crippen LogP contribution < -0.4 is 0 Å². The third kappa shape index (κ3) is 4.41. The summed E-state index contributed by atoms with van der Waals surface area (Å²) in [5, 5.41) is 13.0. The Morgan fingerprint density at radius 2 is 1.72 bits per heavy atom. The van der Waals surface area contributed by atoms with Crippen LogP contribution in [0.3, 0.4) is 0 Å². The highest BCUT2D eigenvalue weighted by molar-refractivity contribution is 7.98. The molecule has 1 aliphatic rings. The van der Waals surface area contributed by atoms with E-state index in [2.05, 4.69) is 57.2 Å². The first-order valence-electron chi connectivity index (χ1n) is 11.2. The fourth-order valence-corrected chi connectivity index (χ4v) is 6.02. The number of thioether (sulfide) groups is 1. The van der Waals surface area contributed by atoms with Gasteiger partial charge < -0.3 is 4.57 Å². The van der Waals surface area contributed by atoms with Crippen LogP contribution in [0.2, 0.25) is 5.02 Å². The van der Waals surface area contributed by atoms with Crippen molar-refractivity contribution in [3.63, 3.8) is 0 Å². The Balaban J connectivity index is 1.48. The van der Waals surface area contributed by atoms with Gasteiger partial charge in [-0.2, -0.15) is 0 Å². The first-order chi connectivity index (χ1) is 15.7. The van der Waals surface area contributed by atoms with E-state index in [-0.39, 0.29) is 5.82 Å². The van der Waals surface area contributed by atoms with Crippen LogP contribution in [0.1, 0.15) is 55.1 Å². The normalized spacial score (nSPS) is 14.8. The molecule has 0 unspecified atom stereocenters. The third-order valence-electron chi connectivity index (χ3n) is 6.31. The maximum Gasteiger partial charge on any atom is 0.191 e. The molecule has 3 aromatic carbocycles. The van der Waals surface area contributed by atoms with Crippen LogP contribution in [0, 0.1) is 5.82 Å². The summed E-state index contributed by atoms with van der Waals surface area (Å²) >= 11 is 7.78. The van der Waals surface area contributed by atoms with Crippen LogP contribution in [0.4, 0.5) is 4.39 Å². The van der Waals surface area contributed by atoms with E-state index in [9.17, 15) is 4.39 Å². The second kappa shape index (κ2) is 9.63. The van der Waals surface area contributed by atoms with Gasteiger partial charge in [0.1, 0.15) is 11.6 Å². The van der Waals surface area contributed by atoms with Crippen LogP contribution in [0.25, 0.3) is 10.8 Å². The minimum absolute atomic E-state index is 0.273. The van der Waals surface area contributed by atoms with Crippen LogP contribution in [-0.4, -0.2) is 14.8 Å². The SMILES string of the molecule is Fc1cccc(Cl)c1CSc1nnc(Cc2cccc3ccccc23)n1C1CCCCC1. The van der Waals surface area contributed by atoms with Crippen molar-refractivity contribution in [2.24, 2.45) is 0 Å². The molecular weight excluding hydrogens is 441 g/mol. The van der Waals surface area contributed by atoms with Gasteiger partial charge in [0, 0.05) is 28.8 Å². The Morgan fingerprint density at radius 1 is 0.938 bits per heavy atom. The maximum atomic E-state index is 14.3. The Morgan fingerprint density at radius 3 is 2.56 bits per heavy atom. The predicted octanol–water partition coefficient (Wildman–Crippen LogP) is 7.61. The molecule has 0 atom stereocenters. The van der Waals surface area contributed by atoms with Crippen LogP contribution in [0.15, 0.2) is 65.8 Å². The molecule has 1 heterocycles. The van der Waals surface area contributed by atoms with E-state index >= 15 is 0 Å². The molecule has 0 saturated heterocycles. The Hall–Kier alpha value is -2.37. The number of benzene rings is 3. The van der Waals surface area contributed by atoms with Gasteiger partial charge in [0.15, 0.2) is 5.16 Å². The summed E-state index contributed by atoms with van der Waals surface area (Å²) in [6.07, 6.45) is 6.72. The van der Waals surface area contributed by atoms with Gasteiger partial charge in [0.25, 0.3) is 0 Å². The monoisotopic (exact) mass is 465 g/mol. The lowest BCUT2D eigenvalue weighted by Crippen LogP contribution is -2.17. The van der Waals surface area contributed by atoms with Crippen LogP contribution >= 0.6 is 23.4 Å². The van der Waals surface area contributed by atoms with Gasteiger partial charge in [0.2, 0.25) is 0 Å². The lowest BCUT2D eigenvalue weighted by Gasteiger charge is -2.25. The molecule has 1 aliphatic carbocycles. The number of halogens is 2. The van der Waals surface area contributed by atoms with Gasteiger partial charge >= 0.3 is 0 Å². The molecule has 1 saturated carbocycles. The summed E-state index contributed by atoms with van der Waals surface area (Å²) in [5.41, 5.74) is 1.77. The Bertz CT molecular complexity index is 1210. The lowest BCUT2D eigenvalue weighted by atomic mass is 9.95. The zero-order chi connectivity index (χ0) is 21.9. The second-order valence-corrected chi connectivity index (χ2v) is 9.71. The van der Waals surface area contributed by atoms with Crippen molar-refractivity contribution in [3.05, 3.63) is 88.5 Å². The number of fused-ring (bicyclic) bond motifs is 1. The molecule has 0 bridgehead atoms. The minimum atomic E-state index is -0.273. The van der Waals surface area contributed by atoms with Crippen molar-refractivity contribution >= 4 is 34.1 Å². The molecule has 3 nitrogen and oxygen atoms in total. The topological polar surface area (TPSA) is 30.7 Å². The average molecular weight is 466 g/mol. The Labute approximate surface area is 197 Å². The molecule has 0 spiro atoms. The average Bonchev–Trinajstić information content (AvgIpc) is 3.22. The smallest absolute Gasteiger partial charge is 0.191 e. The zero-order valence-corrected chi connectivity index (χ0v) is 19.4. The lowest BCUT2D eigenvalue weighted by molar-refractivity contribution is 0.330. The minimum Gasteiger partial charge on any atom is -0.303 e. The summed E-state index contributed by atoms with van der Waals surface area (Å²) in [6.45, 7) is 0. The summed E-state index contributed by atoms with van der Waals surface area (Å²) in [4.78, 5) is 0. The van der Waals surface area contributed by atoms with Crippen LogP contribution in [-0.2, 0) is 12.2 Å². The molecule has 0 amide bonds.